The molecule has 0 aromatic heterocycles. The molecule has 2 rings (SSSR count). The van der Waals surface area contributed by atoms with E-state index in [0.29, 0.717) is 10.6 Å². The van der Waals surface area contributed by atoms with E-state index in [1.807, 2.05) is 6.07 Å². The Morgan fingerprint density at radius 3 is 2.56 bits per heavy atom. The van der Waals surface area contributed by atoms with Crippen molar-refractivity contribution in [2.24, 2.45) is 0 Å². The molecule has 0 saturated carbocycles. The van der Waals surface area contributed by atoms with E-state index in [9.17, 15) is 4.79 Å². The van der Waals surface area contributed by atoms with Crippen LogP contribution in [0.25, 0.3) is 0 Å². The first-order valence-corrected chi connectivity index (χ1v) is 6.79. The molecule has 0 N–H and O–H groups in total. The summed E-state index contributed by atoms with van der Waals surface area (Å²) in [5.41, 5.74) is 3.07. The van der Waals surface area contributed by atoms with Crippen LogP contribution in [0.4, 0.5) is 0 Å². The predicted molar refractivity (Wildman–Crippen MR) is 76.9 cm³/mol. The van der Waals surface area contributed by atoms with Crippen molar-refractivity contribution in [1.82, 2.24) is 0 Å². The maximum absolute atomic E-state index is 11.0. The molecule has 0 aliphatic carbocycles. The fourth-order valence-corrected chi connectivity index (χ4v) is 3.00. The Kier molecular flexibility index (Phi) is 4.10. The van der Waals surface area contributed by atoms with Gasteiger partial charge >= 0.3 is 0 Å². The van der Waals surface area contributed by atoms with Crippen LogP contribution in [0.15, 0.2) is 46.2 Å². The predicted octanol–water partition coefficient (Wildman–Crippen LogP) is 4.92. The Balaban J connectivity index is 2.41. The van der Waals surface area contributed by atoms with Crippen LogP contribution in [0.1, 0.15) is 21.5 Å². The van der Waals surface area contributed by atoms with E-state index >= 15 is 0 Å². The highest BCUT2D eigenvalue weighted by Gasteiger charge is 2.07. The van der Waals surface area contributed by atoms with Gasteiger partial charge in [-0.3, -0.25) is 4.79 Å². The van der Waals surface area contributed by atoms with Crippen molar-refractivity contribution in [2.45, 2.75) is 23.6 Å². The van der Waals surface area contributed by atoms with Gasteiger partial charge in [0.25, 0.3) is 0 Å². The lowest BCUT2D eigenvalue weighted by atomic mass is 10.2. The van der Waals surface area contributed by atoms with Gasteiger partial charge in [0.15, 0.2) is 6.29 Å². The van der Waals surface area contributed by atoms with E-state index in [4.69, 9.17) is 11.6 Å². The topological polar surface area (TPSA) is 17.1 Å². The van der Waals surface area contributed by atoms with Crippen molar-refractivity contribution in [3.8, 4) is 0 Å². The number of carbonyl (C=O) groups excluding carboxylic acids is 1. The highest BCUT2D eigenvalue weighted by atomic mass is 35.5. The van der Waals surface area contributed by atoms with E-state index in [1.165, 1.54) is 11.1 Å². The van der Waals surface area contributed by atoms with Gasteiger partial charge in [0.05, 0.1) is 0 Å². The van der Waals surface area contributed by atoms with Crippen molar-refractivity contribution < 1.29 is 4.79 Å². The van der Waals surface area contributed by atoms with Crippen LogP contribution in [-0.2, 0) is 0 Å². The monoisotopic (exact) mass is 276 g/mol. The van der Waals surface area contributed by atoms with Crippen LogP contribution in [-0.4, -0.2) is 6.29 Å². The van der Waals surface area contributed by atoms with Crippen LogP contribution in [0, 0.1) is 13.8 Å². The molecule has 0 bridgehead atoms. The summed E-state index contributed by atoms with van der Waals surface area (Å²) in [5, 5.41) is 0.647. The lowest BCUT2D eigenvalue weighted by Gasteiger charge is -2.09. The second-order valence-electron chi connectivity index (χ2n) is 4.17. The largest absolute Gasteiger partial charge is 0.298 e. The third-order valence-electron chi connectivity index (χ3n) is 2.67. The lowest BCUT2D eigenvalue weighted by molar-refractivity contribution is 0.112. The maximum atomic E-state index is 11.0. The third-order valence-corrected chi connectivity index (χ3v) is 4.13. The van der Waals surface area contributed by atoms with Crippen molar-refractivity contribution in [1.29, 1.82) is 0 Å². The molecule has 3 heteroatoms. The van der Waals surface area contributed by atoms with Crippen LogP contribution >= 0.6 is 23.4 Å². The maximum Gasteiger partial charge on any atom is 0.151 e. The van der Waals surface area contributed by atoms with Gasteiger partial charge in [-0.15, -0.1) is 0 Å². The Hall–Kier alpha value is -1.25. The average molecular weight is 277 g/mol. The summed E-state index contributed by atoms with van der Waals surface area (Å²) in [7, 11) is 0. The van der Waals surface area contributed by atoms with Gasteiger partial charge in [-0.25, -0.2) is 0 Å². The van der Waals surface area contributed by atoms with Gasteiger partial charge in [0.2, 0.25) is 0 Å². The molecule has 0 unspecified atom stereocenters. The molecule has 1 nitrogen and oxygen atoms in total. The number of benzene rings is 2. The highest BCUT2D eigenvalue weighted by molar-refractivity contribution is 7.99. The molecule has 92 valence electrons. The molecule has 0 radical (unpaired) electrons. The minimum absolute atomic E-state index is 0.647. The second-order valence-corrected chi connectivity index (χ2v) is 5.69. The summed E-state index contributed by atoms with van der Waals surface area (Å²) in [6.45, 7) is 4.12. The van der Waals surface area contributed by atoms with Gasteiger partial charge in [-0.1, -0.05) is 35.5 Å². The quantitative estimate of drug-likeness (QED) is 0.740. The Morgan fingerprint density at radius 1 is 1.06 bits per heavy atom. The van der Waals surface area contributed by atoms with E-state index in [0.717, 1.165) is 16.1 Å². The number of rotatable bonds is 3. The summed E-state index contributed by atoms with van der Waals surface area (Å²) < 4.78 is 0. The van der Waals surface area contributed by atoms with Crippen molar-refractivity contribution in [2.75, 3.05) is 0 Å². The fourth-order valence-electron chi connectivity index (χ4n) is 1.63. The molecule has 18 heavy (non-hydrogen) atoms. The van der Waals surface area contributed by atoms with Gasteiger partial charge in [-0.05, 0) is 49.2 Å². The van der Waals surface area contributed by atoms with E-state index in [-0.39, 0.29) is 0 Å². The Morgan fingerprint density at radius 2 is 1.83 bits per heavy atom. The van der Waals surface area contributed by atoms with Gasteiger partial charge in [-0.2, -0.15) is 0 Å². The van der Waals surface area contributed by atoms with Crippen molar-refractivity contribution in [3.05, 3.63) is 58.1 Å². The number of aryl methyl sites for hydroxylation is 2. The number of aldehydes is 1. The SMILES string of the molecule is Cc1ccc(C)c(Sc2cc(Cl)ccc2C=O)c1. The molecular formula is C15H13ClOS. The molecule has 0 spiro atoms. The lowest BCUT2D eigenvalue weighted by Crippen LogP contribution is -1.87. The molecule has 2 aromatic rings. The summed E-state index contributed by atoms with van der Waals surface area (Å²) in [4.78, 5) is 13.1. The van der Waals surface area contributed by atoms with Crippen molar-refractivity contribution >= 4 is 29.6 Å². The fraction of sp³-hybridized carbons (Fsp3) is 0.133. The summed E-state index contributed by atoms with van der Waals surface area (Å²) in [6.07, 6.45) is 0.865. The molecule has 2 aromatic carbocycles. The van der Waals surface area contributed by atoms with Crippen LogP contribution in [0.5, 0.6) is 0 Å². The standard InChI is InChI=1S/C15H13ClOS/c1-10-3-4-11(2)14(7-10)18-15-8-13(16)6-5-12(15)9-17/h3-9H,1-2H3. The first-order chi connectivity index (χ1) is 8.60. The molecule has 0 aliphatic rings. The zero-order valence-corrected chi connectivity index (χ0v) is 11.8. The van der Waals surface area contributed by atoms with Gasteiger partial charge < -0.3 is 0 Å². The Bertz CT molecular complexity index is 593. The normalized spacial score (nSPS) is 10.4. The summed E-state index contributed by atoms with van der Waals surface area (Å²) in [5.74, 6) is 0. The first-order valence-electron chi connectivity index (χ1n) is 5.60. The molecule has 0 fully saturated rings. The smallest absolute Gasteiger partial charge is 0.151 e. The molecule has 0 atom stereocenters. The molecule has 0 heterocycles. The summed E-state index contributed by atoms with van der Waals surface area (Å²) in [6, 6.07) is 11.6. The number of hydrogen-bond donors (Lipinski definition) is 0. The van der Waals surface area contributed by atoms with Crippen LogP contribution in [0.3, 0.4) is 0 Å². The molecular weight excluding hydrogens is 264 g/mol. The minimum Gasteiger partial charge on any atom is -0.298 e. The van der Waals surface area contributed by atoms with Crippen LogP contribution < -0.4 is 0 Å². The number of hydrogen-bond acceptors (Lipinski definition) is 2. The minimum atomic E-state index is 0.647. The van der Waals surface area contributed by atoms with E-state index < -0.39 is 0 Å². The van der Waals surface area contributed by atoms with Crippen LogP contribution in [0.2, 0.25) is 5.02 Å². The van der Waals surface area contributed by atoms with Gasteiger partial charge in [0.1, 0.15) is 0 Å². The zero-order valence-electron chi connectivity index (χ0n) is 10.2. The second kappa shape index (κ2) is 5.59. The zero-order chi connectivity index (χ0) is 13.1. The number of halogens is 1. The van der Waals surface area contributed by atoms with E-state index in [1.54, 1.807) is 23.9 Å². The molecule has 0 aliphatic heterocycles. The van der Waals surface area contributed by atoms with Gasteiger partial charge in [0, 0.05) is 20.4 Å². The summed E-state index contributed by atoms with van der Waals surface area (Å²) >= 11 is 7.56. The molecule has 0 saturated heterocycles. The Labute approximate surface area is 116 Å². The third kappa shape index (κ3) is 2.95. The first kappa shape index (κ1) is 13.2. The number of carbonyl (C=O) groups is 1. The highest BCUT2D eigenvalue weighted by Crippen LogP contribution is 2.34. The van der Waals surface area contributed by atoms with E-state index in [2.05, 4.69) is 32.0 Å². The average Bonchev–Trinajstić information content (AvgIpc) is 2.34. The van der Waals surface area contributed by atoms with Crippen molar-refractivity contribution in [3.63, 3.8) is 0 Å². The molecule has 0 amide bonds.